The first-order valence-corrected chi connectivity index (χ1v) is 10.0. The van der Waals surface area contributed by atoms with Crippen molar-refractivity contribution in [3.05, 3.63) is 95.8 Å². The van der Waals surface area contributed by atoms with E-state index in [2.05, 4.69) is 5.32 Å². The molecule has 4 aromatic rings. The fourth-order valence-electron chi connectivity index (χ4n) is 3.27. The quantitative estimate of drug-likeness (QED) is 0.376. The Hall–Kier alpha value is -4.00. The fourth-order valence-corrected chi connectivity index (χ4v) is 3.27. The van der Waals surface area contributed by atoms with Crippen molar-refractivity contribution < 1.29 is 27.5 Å². The predicted molar refractivity (Wildman–Crippen MR) is 116 cm³/mol. The standard InChI is InChI=1S/C25H19F2NO4/c1-2-20(31-18-13-11-17(27)12-14-18)25(30)28-22-19-5-3-4-6-21(19)32-24(22)23(29)15-7-9-16(26)10-8-15/h3-14,20H,2H2,1H3,(H,28,30). The first-order chi connectivity index (χ1) is 15.5. The van der Waals surface area contributed by atoms with Gasteiger partial charge in [0.1, 0.15) is 23.0 Å². The molecule has 0 radical (unpaired) electrons. The van der Waals surface area contributed by atoms with E-state index >= 15 is 0 Å². The van der Waals surface area contributed by atoms with E-state index in [1.165, 1.54) is 48.5 Å². The van der Waals surface area contributed by atoms with Crippen molar-refractivity contribution in [3.8, 4) is 5.75 Å². The van der Waals surface area contributed by atoms with Crippen LogP contribution in [0.4, 0.5) is 14.5 Å². The van der Waals surface area contributed by atoms with Gasteiger partial charge in [0.05, 0.1) is 5.69 Å². The number of halogens is 2. The molecule has 0 aliphatic carbocycles. The van der Waals surface area contributed by atoms with Crippen LogP contribution >= 0.6 is 0 Å². The van der Waals surface area contributed by atoms with Crippen LogP contribution in [0.25, 0.3) is 11.0 Å². The van der Waals surface area contributed by atoms with Crippen LogP contribution in [-0.4, -0.2) is 17.8 Å². The van der Waals surface area contributed by atoms with Gasteiger partial charge in [-0.15, -0.1) is 0 Å². The SMILES string of the molecule is CCC(Oc1ccc(F)cc1)C(=O)Nc1c(C(=O)c2ccc(F)cc2)oc2ccccc12. The molecule has 0 spiro atoms. The molecule has 5 nitrogen and oxygen atoms in total. The molecule has 1 heterocycles. The second-order valence-corrected chi connectivity index (χ2v) is 7.10. The molecule has 1 aromatic heterocycles. The summed E-state index contributed by atoms with van der Waals surface area (Å²) in [5.74, 6) is -1.59. The summed E-state index contributed by atoms with van der Waals surface area (Å²) in [6.07, 6.45) is -0.553. The highest BCUT2D eigenvalue weighted by Gasteiger charge is 2.26. The summed E-state index contributed by atoms with van der Waals surface area (Å²) in [5.41, 5.74) is 0.845. The summed E-state index contributed by atoms with van der Waals surface area (Å²) in [5, 5.41) is 3.30. The highest BCUT2D eigenvalue weighted by Crippen LogP contribution is 2.33. The largest absolute Gasteiger partial charge is 0.481 e. The number of fused-ring (bicyclic) bond motifs is 1. The summed E-state index contributed by atoms with van der Waals surface area (Å²) in [6.45, 7) is 1.77. The summed E-state index contributed by atoms with van der Waals surface area (Å²) in [4.78, 5) is 26.1. The Bertz CT molecular complexity index is 1260. The third-order valence-electron chi connectivity index (χ3n) is 4.91. The van der Waals surface area contributed by atoms with Gasteiger partial charge in [0.15, 0.2) is 11.9 Å². The third kappa shape index (κ3) is 4.37. The van der Waals surface area contributed by atoms with Gasteiger partial charge in [0, 0.05) is 10.9 Å². The Morgan fingerprint density at radius 2 is 1.56 bits per heavy atom. The molecule has 0 fully saturated rings. The first kappa shape index (κ1) is 21.2. The van der Waals surface area contributed by atoms with E-state index in [1.807, 2.05) is 0 Å². The molecule has 0 bridgehead atoms. The molecule has 4 rings (SSSR count). The van der Waals surface area contributed by atoms with E-state index < -0.39 is 29.4 Å². The maximum Gasteiger partial charge on any atom is 0.265 e. The van der Waals surface area contributed by atoms with Gasteiger partial charge in [-0.3, -0.25) is 9.59 Å². The average molecular weight is 435 g/mol. The van der Waals surface area contributed by atoms with Crippen molar-refractivity contribution in [2.45, 2.75) is 19.4 Å². The lowest BCUT2D eigenvalue weighted by Gasteiger charge is -2.17. The molecule has 3 aromatic carbocycles. The van der Waals surface area contributed by atoms with Crippen LogP contribution in [0.15, 0.2) is 77.2 Å². The smallest absolute Gasteiger partial charge is 0.265 e. The van der Waals surface area contributed by atoms with Gasteiger partial charge in [-0.2, -0.15) is 0 Å². The molecule has 0 saturated heterocycles. The molecule has 1 amide bonds. The zero-order chi connectivity index (χ0) is 22.7. The lowest BCUT2D eigenvalue weighted by Crippen LogP contribution is -2.32. The number of hydrogen-bond donors (Lipinski definition) is 1. The Labute approximate surface area is 182 Å². The molecule has 32 heavy (non-hydrogen) atoms. The summed E-state index contributed by atoms with van der Waals surface area (Å²) in [6, 6.07) is 17.3. The number of amides is 1. The van der Waals surface area contributed by atoms with Gasteiger partial charge in [-0.05, 0) is 67.1 Å². The highest BCUT2D eigenvalue weighted by atomic mass is 19.1. The van der Waals surface area contributed by atoms with Gasteiger partial charge < -0.3 is 14.5 Å². The second kappa shape index (κ2) is 9.01. The van der Waals surface area contributed by atoms with Crippen LogP contribution in [0.1, 0.15) is 29.5 Å². The van der Waals surface area contributed by atoms with Crippen LogP contribution in [0, 0.1) is 11.6 Å². The van der Waals surface area contributed by atoms with Crippen molar-refractivity contribution in [2.24, 2.45) is 0 Å². The van der Waals surface area contributed by atoms with Crippen LogP contribution in [-0.2, 0) is 4.79 Å². The highest BCUT2D eigenvalue weighted by molar-refractivity contribution is 6.17. The Morgan fingerprint density at radius 1 is 0.938 bits per heavy atom. The number of rotatable bonds is 7. The van der Waals surface area contributed by atoms with Crippen LogP contribution in [0.3, 0.4) is 0 Å². The molecule has 0 saturated carbocycles. The third-order valence-corrected chi connectivity index (χ3v) is 4.91. The minimum absolute atomic E-state index is 0.0669. The number of ketones is 1. The molecule has 7 heteroatoms. The van der Waals surface area contributed by atoms with Gasteiger partial charge in [0.25, 0.3) is 5.91 Å². The Kier molecular flexibility index (Phi) is 5.98. The normalized spacial score (nSPS) is 11.8. The molecule has 1 atom stereocenters. The predicted octanol–water partition coefficient (Wildman–Crippen LogP) is 5.74. The Morgan fingerprint density at radius 3 is 2.22 bits per heavy atom. The maximum atomic E-state index is 13.3. The van der Waals surface area contributed by atoms with Gasteiger partial charge in [0.2, 0.25) is 5.78 Å². The minimum atomic E-state index is -0.886. The first-order valence-electron chi connectivity index (χ1n) is 10.0. The van der Waals surface area contributed by atoms with Gasteiger partial charge in [-0.25, -0.2) is 8.78 Å². The zero-order valence-corrected chi connectivity index (χ0v) is 17.1. The van der Waals surface area contributed by atoms with Crippen molar-refractivity contribution in [1.29, 1.82) is 0 Å². The van der Waals surface area contributed by atoms with E-state index in [0.29, 0.717) is 23.1 Å². The van der Waals surface area contributed by atoms with E-state index in [1.54, 1.807) is 31.2 Å². The molecule has 0 aliphatic heterocycles. The van der Waals surface area contributed by atoms with Crippen molar-refractivity contribution in [1.82, 2.24) is 0 Å². The van der Waals surface area contributed by atoms with E-state index in [0.717, 1.165) is 0 Å². The molecule has 1 unspecified atom stereocenters. The van der Waals surface area contributed by atoms with Gasteiger partial charge in [-0.1, -0.05) is 19.1 Å². The van der Waals surface area contributed by atoms with Crippen LogP contribution in [0.2, 0.25) is 0 Å². The van der Waals surface area contributed by atoms with Crippen molar-refractivity contribution in [3.63, 3.8) is 0 Å². The zero-order valence-electron chi connectivity index (χ0n) is 17.1. The van der Waals surface area contributed by atoms with Crippen molar-refractivity contribution >= 4 is 28.3 Å². The fraction of sp³-hybridized carbons (Fsp3) is 0.120. The molecular formula is C25H19F2NO4. The summed E-state index contributed by atoms with van der Waals surface area (Å²) >= 11 is 0. The van der Waals surface area contributed by atoms with Crippen LogP contribution in [0.5, 0.6) is 5.75 Å². The lowest BCUT2D eigenvalue weighted by atomic mass is 10.1. The van der Waals surface area contributed by atoms with E-state index in [-0.39, 0.29) is 17.0 Å². The number of hydrogen-bond acceptors (Lipinski definition) is 4. The van der Waals surface area contributed by atoms with E-state index in [4.69, 9.17) is 9.15 Å². The number of carbonyl (C=O) groups excluding carboxylic acids is 2. The average Bonchev–Trinajstić information content (AvgIpc) is 3.17. The molecule has 162 valence electrons. The van der Waals surface area contributed by atoms with E-state index in [9.17, 15) is 18.4 Å². The number of carbonyl (C=O) groups is 2. The number of benzene rings is 3. The number of ether oxygens (including phenoxy) is 1. The summed E-state index contributed by atoms with van der Waals surface area (Å²) in [7, 11) is 0. The number of furan rings is 1. The maximum absolute atomic E-state index is 13.3. The second-order valence-electron chi connectivity index (χ2n) is 7.10. The molecular weight excluding hydrogens is 416 g/mol. The minimum Gasteiger partial charge on any atom is -0.481 e. The number of nitrogens with one attached hydrogen (secondary N) is 1. The van der Waals surface area contributed by atoms with Crippen LogP contribution < -0.4 is 10.1 Å². The van der Waals surface area contributed by atoms with Crippen molar-refractivity contribution in [2.75, 3.05) is 5.32 Å². The topological polar surface area (TPSA) is 68.5 Å². The molecule has 0 aliphatic rings. The van der Waals surface area contributed by atoms with Gasteiger partial charge >= 0.3 is 0 Å². The molecule has 1 N–H and O–H groups in total. The number of anilines is 1. The Balaban J connectivity index is 1.65. The number of para-hydroxylation sites is 1. The summed E-state index contributed by atoms with van der Waals surface area (Å²) < 4.78 is 37.9. The monoisotopic (exact) mass is 435 g/mol. The lowest BCUT2D eigenvalue weighted by molar-refractivity contribution is -0.122.